The number of thiazole rings is 1. The molecule has 1 aromatic carbocycles. The molecule has 148 valence electrons. The maximum atomic E-state index is 13.5. The lowest BCUT2D eigenvalue weighted by Gasteiger charge is -2.18. The number of amides is 1. The number of pyridine rings is 1. The Labute approximate surface area is 173 Å². The molecule has 0 unspecified atom stereocenters. The molecule has 3 aromatic heterocycles. The van der Waals surface area contributed by atoms with E-state index >= 15 is 0 Å². The van der Waals surface area contributed by atoms with Crippen LogP contribution in [0, 0.1) is 20.8 Å². The van der Waals surface area contributed by atoms with Crippen LogP contribution in [0.2, 0.25) is 0 Å². The standard InChI is InChI=1S/C22H23N5OS/c1-5-27-16(4)12-18(25-27)21(28)26(13-17-8-6-7-11-23-17)22-24-19-14(2)9-10-15(3)20(19)29-22/h6-12H,5,13H2,1-4H3. The monoisotopic (exact) mass is 405 g/mol. The van der Waals surface area contributed by atoms with Crippen molar-refractivity contribution in [2.75, 3.05) is 4.90 Å². The zero-order valence-electron chi connectivity index (χ0n) is 17.0. The predicted molar refractivity (Wildman–Crippen MR) is 116 cm³/mol. The van der Waals surface area contributed by atoms with Crippen molar-refractivity contribution in [3.8, 4) is 0 Å². The highest BCUT2D eigenvalue weighted by Crippen LogP contribution is 2.34. The molecule has 0 fully saturated rings. The van der Waals surface area contributed by atoms with Gasteiger partial charge < -0.3 is 0 Å². The van der Waals surface area contributed by atoms with Gasteiger partial charge in [0.1, 0.15) is 0 Å². The molecule has 7 heteroatoms. The third kappa shape index (κ3) is 3.65. The second kappa shape index (κ2) is 7.75. The van der Waals surface area contributed by atoms with Crippen LogP contribution in [0.4, 0.5) is 5.13 Å². The summed E-state index contributed by atoms with van der Waals surface area (Å²) in [5.74, 6) is -0.166. The first-order chi connectivity index (χ1) is 14.0. The average molecular weight is 406 g/mol. The summed E-state index contributed by atoms with van der Waals surface area (Å²) in [4.78, 5) is 24.4. The lowest BCUT2D eigenvalue weighted by atomic mass is 10.1. The van der Waals surface area contributed by atoms with Gasteiger partial charge in [0, 0.05) is 18.4 Å². The maximum absolute atomic E-state index is 13.5. The van der Waals surface area contributed by atoms with Crippen LogP contribution in [0.1, 0.15) is 39.9 Å². The lowest BCUT2D eigenvalue weighted by Crippen LogP contribution is -2.31. The molecule has 0 radical (unpaired) electrons. The number of hydrogen-bond donors (Lipinski definition) is 0. The van der Waals surface area contributed by atoms with Gasteiger partial charge >= 0.3 is 0 Å². The number of carbonyl (C=O) groups is 1. The minimum absolute atomic E-state index is 0.166. The number of carbonyl (C=O) groups excluding carboxylic acids is 1. The molecule has 0 spiro atoms. The molecule has 29 heavy (non-hydrogen) atoms. The molecule has 3 heterocycles. The summed E-state index contributed by atoms with van der Waals surface area (Å²) < 4.78 is 2.94. The number of fused-ring (bicyclic) bond motifs is 1. The molecule has 0 aliphatic heterocycles. The zero-order valence-corrected chi connectivity index (χ0v) is 17.8. The van der Waals surface area contributed by atoms with Crippen LogP contribution in [0.25, 0.3) is 10.2 Å². The Morgan fingerprint density at radius 3 is 2.59 bits per heavy atom. The summed E-state index contributed by atoms with van der Waals surface area (Å²) in [5, 5.41) is 5.15. The molecule has 0 saturated heterocycles. The minimum atomic E-state index is -0.166. The lowest BCUT2D eigenvalue weighted by molar-refractivity contribution is 0.0979. The van der Waals surface area contributed by atoms with E-state index in [2.05, 4.69) is 29.1 Å². The number of benzene rings is 1. The Kier molecular flexibility index (Phi) is 5.15. The Morgan fingerprint density at radius 2 is 1.93 bits per heavy atom. The molecule has 1 amide bonds. The van der Waals surface area contributed by atoms with E-state index in [0.29, 0.717) is 17.4 Å². The number of aryl methyl sites for hydroxylation is 4. The molecule has 0 saturated carbocycles. The van der Waals surface area contributed by atoms with E-state index in [-0.39, 0.29) is 5.91 Å². The Balaban J connectivity index is 1.81. The molecule has 0 N–H and O–H groups in total. The fraction of sp³-hybridized carbons (Fsp3) is 0.273. The van der Waals surface area contributed by atoms with Gasteiger partial charge in [-0.05, 0) is 57.0 Å². The van der Waals surface area contributed by atoms with Gasteiger partial charge in [-0.3, -0.25) is 19.4 Å². The van der Waals surface area contributed by atoms with Crippen molar-refractivity contribution in [3.63, 3.8) is 0 Å². The van der Waals surface area contributed by atoms with Crippen molar-refractivity contribution in [1.82, 2.24) is 19.7 Å². The molecule has 0 bridgehead atoms. The SMILES string of the molecule is CCn1nc(C(=O)N(Cc2ccccn2)c2nc3c(C)ccc(C)c3s2)cc1C. The van der Waals surface area contributed by atoms with Gasteiger partial charge in [0.25, 0.3) is 5.91 Å². The second-order valence-electron chi connectivity index (χ2n) is 7.07. The average Bonchev–Trinajstić information content (AvgIpc) is 3.34. The zero-order chi connectivity index (χ0) is 20.5. The highest BCUT2D eigenvalue weighted by molar-refractivity contribution is 7.22. The van der Waals surface area contributed by atoms with E-state index < -0.39 is 0 Å². The predicted octanol–water partition coefficient (Wildman–Crippen LogP) is 4.68. The summed E-state index contributed by atoms with van der Waals surface area (Å²) in [6.07, 6.45) is 1.74. The van der Waals surface area contributed by atoms with Crippen LogP contribution in [-0.2, 0) is 13.1 Å². The molecule has 4 rings (SSSR count). The quantitative estimate of drug-likeness (QED) is 0.484. The van der Waals surface area contributed by atoms with E-state index in [1.165, 1.54) is 11.3 Å². The Morgan fingerprint density at radius 1 is 1.14 bits per heavy atom. The number of aromatic nitrogens is 4. The second-order valence-corrected chi connectivity index (χ2v) is 8.05. The molecular formula is C22H23N5OS. The number of anilines is 1. The van der Waals surface area contributed by atoms with Crippen LogP contribution in [-0.4, -0.2) is 25.7 Å². The highest BCUT2D eigenvalue weighted by Gasteiger charge is 2.25. The summed E-state index contributed by atoms with van der Waals surface area (Å²) in [6.45, 7) is 9.15. The van der Waals surface area contributed by atoms with E-state index in [0.717, 1.165) is 39.3 Å². The first-order valence-corrected chi connectivity index (χ1v) is 10.4. The van der Waals surface area contributed by atoms with E-state index in [1.54, 1.807) is 11.1 Å². The van der Waals surface area contributed by atoms with Crippen LogP contribution in [0.3, 0.4) is 0 Å². The van der Waals surface area contributed by atoms with Crippen LogP contribution in [0.5, 0.6) is 0 Å². The van der Waals surface area contributed by atoms with E-state index in [4.69, 9.17) is 4.98 Å². The fourth-order valence-corrected chi connectivity index (χ4v) is 4.43. The summed E-state index contributed by atoms with van der Waals surface area (Å²) in [5.41, 5.74) is 5.40. The Hall–Kier alpha value is -3.06. The first kappa shape index (κ1) is 19.3. The van der Waals surface area contributed by atoms with Crippen molar-refractivity contribution in [2.45, 2.75) is 40.8 Å². The van der Waals surface area contributed by atoms with Crippen molar-refractivity contribution in [1.29, 1.82) is 0 Å². The van der Waals surface area contributed by atoms with Gasteiger partial charge in [0.05, 0.1) is 22.5 Å². The van der Waals surface area contributed by atoms with Crippen LogP contribution < -0.4 is 4.90 Å². The van der Waals surface area contributed by atoms with Gasteiger partial charge in [0.15, 0.2) is 10.8 Å². The normalized spacial score (nSPS) is 11.2. The van der Waals surface area contributed by atoms with Crippen molar-refractivity contribution < 1.29 is 4.79 Å². The summed E-state index contributed by atoms with van der Waals surface area (Å²) in [6, 6.07) is 11.7. The van der Waals surface area contributed by atoms with Gasteiger partial charge in [-0.15, -0.1) is 0 Å². The van der Waals surface area contributed by atoms with Gasteiger partial charge in [-0.1, -0.05) is 29.5 Å². The van der Waals surface area contributed by atoms with Crippen LogP contribution in [0.15, 0.2) is 42.6 Å². The first-order valence-electron chi connectivity index (χ1n) is 9.61. The molecule has 0 aliphatic rings. The molecule has 0 atom stereocenters. The van der Waals surface area contributed by atoms with Gasteiger partial charge in [0.2, 0.25) is 0 Å². The topological polar surface area (TPSA) is 63.9 Å². The number of hydrogen-bond acceptors (Lipinski definition) is 5. The smallest absolute Gasteiger partial charge is 0.276 e. The molecule has 6 nitrogen and oxygen atoms in total. The summed E-state index contributed by atoms with van der Waals surface area (Å²) >= 11 is 1.54. The largest absolute Gasteiger partial charge is 0.280 e. The molecular weight excluding hydrogens is 382 g/mol. The Bertz CT molecular complexity index is 1140. The molecule has 0 aliphatic carbocycles. The van der Waals surface area contributed by atoms with E-state index in [1.807, 2.05) is 49.7 Å². The van der Waals surface area contributed by atoms with Crippen molar-refractivity contribution in [3.05, 3.63) is 70.8 Å². The molecule has 4 aromatic rings. The van der Waals surface area contributed by atoms with Crippen molar-refractivity contribution >= 4 is 32.6 Å². The fourth-order valence-electron chi connectivity index (χ4n) is 3.32. The maximum Gasteiger partial charge on any atom is 0.280 e. The van der Waals surface area contributed by atoms with Crippen LogP contribution >= 0.6 is 11.3 Å². The third-order valence-corrected chi connectivity index (χ3v) is 6.17. The van der Waals surface area contributed by atoms with E-state index in [9.17, 15) is 4.79 Å². The summed E-state index contributed by atoms with van der Waals surface area (Å²) in [7, 11) is 0. The number of nitrogens with zero attached hydrogens (tertiary/aromatic N) is 5. The third-order valence-electron chi connectivity index (χ3n) is 4.95. The highest BCUT2D eigenvalue weighted by atomic mass is 32.1. The van der Waals surface area contributed by atoms with Gasteiger partial charge in [-0.25, -0.2) is 4.98 Å². The van der Waals surface area contributed by atoms with Crippen molar-refractivity contribution in [2.24, 2.45) is 0 Å². The number of rotatable bonds is 5. The van der Waals surface area contributed by atoms with Gasteiger partial charge in [-0.2, -0.15) is 5.10 Å². The minimum Gasteiger partial charge on any atom is -0.276 e.